The Bertz CT molecular complexity index is 733. The maximum absolute atomic E-state index is 5.69. The third kappa shape index (κ3) is 6.13. The molecule has 1 heterocycles. The topological polar surface area (TPSA) is 51.5 Å². The summed E-state index contributed by atoms with van der Waals surface area (Å²) in [6.07, 6.45) is 2.68. The minimum Gasteiger partial charge on any atom is -0.490 e. The highest BCUT2D eigenvalue weighted by atomic mass is 32.1. The van der Waals surface area contributed by atoms with Gasteiger partial charge in [-0.15, -0.1) is 0 Å². The lowest BCUT2D eigenvalue weighted by molar-refractivity contribution is 0.287. The van der Waals surface area contributed by atoms with Gasteiger partial charge in [-0.1, -0.05) is 6.07 Å². The van der Waals surface area contributed by atoms with Gasteiger partial charge in [0.1, 0.15) is 0 Å². The summed E-state index contributed by atoms with van der Waals surface area (Å²) in [5.41, 5.74) is 2.33. The average Bonchev–Trinajstić information content (AvgIpc) is 3.11. The summed E-state index contributed by atoms with van der Waals surface area (Å²) in [5.74, 6) is 1.59. The van der Waals surface area contributed by atoms with E-state index in [-0.39, 0.29) is 0 Å². The number of nitrogens with one attached hydrogen (secondary N) is 1. The summed E-state index contributed by atoms with van der Waals surface area (Å²) in [6.45, 7) is 9.62. The summed E-state index contributed by atoms with van der Waals surface area (Å²) in [5, 5.41) is 8.36. The van der Waals surface area contributed by atoms with E-state index in [1.54, 1.807) is 0 Å². The van der Waals surface area contributed by atoms with Gasteiger partial charge in [-0.2, -0.15) is 5.10 Å². The molecule has 6 nitrogen and oxygen atoms in total. The van der Waals surface area contributed by atoms with Gasteiger partial charge in [0.15, 0.2) is 16.6 Å². The van der Waals surface area contributed by atoms with E-state index < -0.39 is 0 Å². The molecule has 0 radical (unpaired) electrons. The molecule has 1 aromatic heterocycles. The van der Waals surface area contributed by atoms with Crippen molar-refractivity contribution in [1.82, 2.24) is 20.0 Å². The van der Waals surface area contributed by atoms with Crippen LogP contribution in [0.5, 0.6) is 11.5 Å². The van der Waals surface area contributed by atoms with Crippen molar-refractivity contribution in [2.75, 3.05) is 26.8 Å². The maximum Gasteiger partial charge on any atom is 0.169 e. The summed E-state index contributed by atoms with van der Waals surface area (Å²) in [7, 11) is 1.99. The summed E-state index contributed by atoms with van der Waals surface area (Å²) in [6, 6.07) is 8.11. The number of nitrogens with zero attached hydrogens (tertiary/aromatic N) is 3. The van der Waals surface area contributed by atoms with Crippen LogP contribution in [0, 0.1) is 0 Å². The van der Waals surface area contributed by atoms with E-state index in [2.05, 4.69) is 23.4 Å². The number of thiocarbonyl (C=S) groups is 1. The van der Waals surface area contributed by atoms with Gasteiger partial charge in [-0.3, -0.25) is 4.68 Å². The van der Waals surface area contributed by atoms with Crippen molar-refractivity contribution in [2.45, 2.75) is 40.3 Å². The lowest BCUT2D eigenvalue weighted by atomic mass is 10.1. The molecular weight excluding hydrogens is 360 g/mol. The Hall–Kier alpha value is -2.28. The Labute approximate surface area is 167 Å². The standard InChI is InChI=1S/C20H30N4O2S/c1-5-24-17(11-13-22-24)15-23(4)20(27)21-12-10-16-8-9-18(25-6-2)19(14-16)26-7-3/h8-9,11,13-14H,5-7,10,12,15H2,1-4H3,(H,21,27). The predicted molar refractivity (Wildman–Crippen MR) is 112 cm³/mol. The normalized spacial score (nSPS) is 10.5. The zero-order valence-corrected chi connectivity index (χ0v) is 17.5. The van der Waals surface area contributed by atoms with Crippen LogP contribution in [0.4, 0.5) is 0 Å². The average molecular weight is 391 g/mol. The summed E-state index contributed by atoms with van der Waals surface area (Å²) in [4.78, 5) is 2.03. The molecule has 148 valence electrons. The van der Waals surface area contributed by atoms with E-state index >= 15 is 0 Å². The molecule has 1 N–H and O–H groups in total. The second kappa shape index (κ2) is 10.8. The van der Waals surface area contributed by atoms with Gasteiger partial charge in [-0.25, -0.2) is 0 Å². The molecule has 7 heteroatoms. The third-order valence-corrected chi connectivity index (χ3v) is 4.60. The number of aryl methyl sites for hydroxylation is 1. The van der Waals surface area contributed by atoms with Crippen molar-refractivity contribution in [2.24, 2.45) is 0 Å². The second-order valence-corrected chi connectivity index (χ2v) is 6.51. The van der Waals surface area contributed by atoms with Gasteiger partial charge in [0, 0.05) is 26.3 Å². The lowest BCUT2D eigenvalue weighted by Crippen LogP contribution is -2.38. The van der Waals surface area contributed by atoms with Crippen LogP contribution in [0.3, 0.4) is 0 Å². The number of hydrogen-bond donors (Lipinski definition) is 1. The smallest absolute Gasteiger partial charge is 0.169 e. The number of rotatable bonds is 10. The molecule has 0 spiro atoms. The molecule has 0 aliphatic rings. The summed E-state index contributed by atoms with van der Waals surface area (Å²) >= 11 is 5.51. The Morgan fingerprint density at radius 3 is 2.59 bits per heavy atom. The van der Waals surface area contributed by atoms with E-state index in [0.717, 1.165) is 48.4 Å². The molecule has 0 fully saturated rings. The first-order chi connectivity index (χ1) is 13.1. The van der Waals surface area contributed by atoms with Gasteiger partial charge < -0.3 is 19.7 Å². The fourth-order valence-electron chi connectivity index (χ4n) is 2.79. The molecule has 1 aromatic carbocycles. The molecule has 2 rings (SSSR count). The van der Waals surface area contributed by atoms with Crippen LogP contribution >= 0.6 is 12.2 Å². The fourth-order valence-corrected chi connectivity index (χ4v) is 2.96. The minimum absolute atomic E-state index is 0.616. The van der Waals surface area contributed by atoms with Crippen LogP contribution in [0.25, 0.3) is 0 Å². The Kier molecular flexibility index (Phi) is 8.39. The zero-order valence-electron chi connectivity index (χ0n) is 16.7. The van der Waals surface area contributed by atoms with Crippen molar-refractivity contribution in [3.05, 3.63) is 41.7 Å². The number of aromatic nitrogens is 2. The van der Waals surface area contributed by atoms with E-state index in [1.807, 2.05) is 54.9 Å². The van der Waals surface area contributed by atoms with Gasteiger partial charge in [-0.05, 0) is 63.2 Å². The minimum atomic E-state index is 0.616. The van der Waals surface area contributed by atoms with E-state index in [9.17, 15) is 0 Å². The van der Waals surface area contributed by atoms with E-state index in [4.69, 9.17) is 21.7 Å². The first-order valence-corrected chi connectivity index (χ1v) is 9.88. The number of ether oxygens (including phenoxy) is 2. The molecule has 0 saturated carbocycles. The highest BCUT2D eigenvalue weighted by molar-refractivity contribution is 7.80. The first kappa shape index (κ1) is 21.0. The molecule has 0 unspecified atom stereocenters. The zero-order chi connectivity index (χ0) is 19.6. The molecule has 0 bridgehead atoms. The van der Waals surface area contributed by atoms with Gasteiger partial charge in [0.05, 0.1) is 25.5 Å². The molecule has 0 aliphatic carbocycles. The third-order valence-electron chi connectivity index (χ3n) is 4.15. The lowest BCUT2D eigenvalue weighted by Gasteiger charge is -2.21. The van der Waals surface area contributed by atoms with Crippen molar-refractivity contribution in [1.29, 1.82) is 0 Å². The maximum atomic E-state index is 5.69. The summed E-state index contributed by atoms with van der Waals surface area (Å²) < 4.78 is 13.3. The predicted octanol–water partition coefficient (Wildman–Crippen LogP) is 3.25. The van der Waals surface area contributed by atoms with Crippen molar-refractivity contribution >= 4 is 17.3 Å². The highest BCUT2D eigenvalue weighted by Crippen LogP contribution is 2.28. The molecular formula is C20H30N4O2S. The van der Waals surface area contributed by atoms with Crippen LogP contribution in [0.2, 0.25) is 0 Å². The van der Waals surface area contributed by atoms with Crippen LogP contribution in [-0.4, -0.2) is 46.6 Å². The van der Waals surface area contributed by atoms with Crippen LogP contribution in [-0.2, 0) is 19.5 Å². The Morgan fingerprint density at radius 2 is 1.89 bits per heavy atom. The van der Waals surface area contributed by atoms with Crippen LogP contribution in [0.15, 0.2) is 30.5 Å². The quantitative estimate of drug-likeness (QED) is 0.629. The second-order valence-electron chi connectivity index (χ2n) is 6.12. The molecule has 27 heavy (non-hydrogen) atoms. The van der Waals surface area contributed by atoms with Gasteiger partial charge in [0.2, 0.25) is 0 Å². The Morgan fingerprint density at radius 1 is 1.15 bits per heavy atom. The van der Waals surface area contributed by atoms with Crippen molar-refractivity contribution in [3.63, 3.8) is 0 Å². The van der Waals surface area contributed by atoms with E-state index in [1.165, 1.54) is 5.56 Å². The first-order valence-electron chi connectivity index (χ1n) is 9.47. The molecule has 0 saturated heterocycles. The SMILES string of the molecule is CCOc1ccc(CCNC(=S)N(C)Cc2ccnn2CC)cc1OCC. The highest BCUT2D eigenvalue weighted by Gasteiger charge is 2.09. The van der Waals surface area contributed by atoms with Crippen molar-refractivity contribution in [3.8, 4) is 11.5 Å². The van der Waals surface area contributed by atoms with Crippen LogP contribution in [0.1, 0.15) is 32.0 Å². The number of benzene rings is 1. The molecule has 0 amide bonds. The molecule has 0 aliphatic heterocycles. The van der Waals surface area contributed by atoms with Crippen LogP contribution < -0.4 is 14.8 Å². The monoisotopic (exact) mass is 390 g/mol. The number of hydrogen-bond acceptors (Lipinski definition) is 4. The Balaban J connectivity index is 1.85. The van der Waals surface area contributed by atoms with Gasteiger partial charge in [0.25, 0.3) is 0 Å². The largest absolute Gasteiger partial charge is 0.490 e. The van der Waals surface area contributed by atoms with E-state index in [0.29, 0.717) is 13.2 Å². The van der Waals surface area contributed by atoms with Crippen molar-refractivity contribution < 1.29 is 9.47 Å². The molecule has 2 aromatic rings. The van der Waals surface area contributed by atoms with Gasteiger partial charge >= 0.3 is 0 Å². The molecule has 0 atom stereocenters. The fraction of sp³-hybridized carbons (Fsp3) is 0.500.